The van der Waals surface area contributed by atoms with Gasteiger partial charge in [0.15, 0.2) is 11.5 Å². The van der Waals surface area contributed by atoms with Gasteiger partial charge in [0.05, 0.1) is 27.4 Å². The first-order valence-electron chi connectivity index (χ1n) is 10.3. The minimum atomic E-state index is -0.0769. The number of hydrogen-bond acceptors (Lipinski definition) is 4. The highest BCUT2D eigenvalue weighted by molar-refractivity contribution is 6.12. The van der Waals surface area contributed by atoms with E-state index in [-0.39, 0.29) is 11.9 Å². The Bertz CT molecular complexity index is 1200. The van der Waals surface area contributed by atoms with E-state index in [9.17, 15) is 4.79 Å². The quantitative estimate of drug-likeness (QED) is 0.417. The summed E-state index contributed by atoms with van der Waals surface area (Å²) in [7, 11) is 4.94. The van der Waals surface area contributed by atoms with E-state index in [1.807, 2.05) is 35.2 Å². The van der Waals surface area contributed by atoms with Crippen molar-refractivity contribution >= 4 is 27.5 Å². The molecule has 0 aliphatic carbocycles. The van der Waals surface area contributed by atoms with E-state index in [0.29, 0.717) is 30.9 Å². The van der Waals surface area contributed by atoms with Gasteiger partial charge in [-0.15, -0.1) is 13.2 Å². The summed E-state index contributed by atoms with van der Waals surface area (Å²) in [6.45, 7) is 8.24. The van der Waals surface area contributed by atoms with Crippen LogP contribution in [0.3, 0.4) is 0 Å². The molecule has 4 rings (SSSR count). The normalized spacial score (nSPS) is 15.5. The summed E-state index contributed by atoms with van der Waals surface area (Å²) in [5.41, 5.74) is 2.36. The second-order valence-electron chi connectivity index (χ2n) is 7.64. The maximum Gasteiger partial charge on any atom is 0.227 e. The van der Waals surface area contributed by atoms with Crippen LogP contribution in [-0.4, -0.2) is 38.2 Å². The third-order valence-electron chi connectivity index (χ3n) is 6.11. The standard InChI is InChI=1S/C26H27NO4/c1-6-8-26(28)27-15-23-18-10-9-17(29-3)12-20(18)22-14-25(31-5)24(30-4)13-21(22)19(23)11-16(27)7-2/h6-7,9-10,12-14,16H,1-2,8,11,15H2,3-5H3/t16-/m1/s1. The summed E-state index contributed by atoms with van der Waals surface area (Å²) < 4.78 is 16.7. The second kappa shape index (κ2) is 8.34. The van der Waals surface area contributed by atoms with E-state index in [0.717, 1.165) is 32.9 Å². The van der Waals surface area contributed by atoms with Gasteiger partial charge in [0, 0.05) is 13.0 Å². The van der Waals surface area contributed by atoms with Crippen LogP contribution in [0.1, 0.15) is 17.5 Å². The Labute approximate surface area is 182 Å². The Kier molecular flexibility index (Phi) is 5.59. The van der Waals surface area contributed by atoms with Crippen molar-refractivity contribution in [1.29, 1.82) is 0 Å². The lowest BCUT2D eigenvalue weighted by Gasteiger charge is -2.37. The van der Waals surface area contributed by atoms with Crippen LogP contribution in [0.2, 0.25) is 0 Å². The van der Waals surface area contributed by atoms with Gasteiger partial charge in [-0.2, -0.15) is 0 Å². The number of carbonyl (C=O) groups is 1. The molecule has 0 N–H and O–H groups in total. The van der Waals surface area contributed by atoms with Gasteiger partial charge in [-0.1, -0.05) is 18.2 Å². The van der Waals surface area contributed by atoms with Crippen LogP contribution >= 0.6 is 0 Å². The zero-order valence-electron chi connectivity index (χ0n) is 18.2. The fraction of sp³-hybridized carbons (Fsp3) is 0.269. The van der Waals surface area contributed by atoms with E-state index in [1.54, 1.807) is 27.4 Å². The van der Waals surface area contributed by atoms with Crippen LogP contribution in [0.4, 0.5) is 0 Å². The average Bonchev–Trinajstić information content (AvgIpc) is 2.82. The van der Waals surface area contributed by atoms with Crippen LogP contribution in [0, 0.1) is 0 Å². The minimum absolute atomic E-state index is 0.0552. The molecule has 5 heteroatoms. The summed E-state index contributed by atoms with van der Waals surface area (Å²) in [5.74, 6) is 2.19. The summed E-state index contributed by atoms with van der Waals surface area (Å²) >= 11 is 0. The Morgan fingerprint density at radius 2 is 1.65 bits per heavy atom. The maximum absolute atomic E-state index is 12.8. The van der Waals surface area contributed by atoms with Crippen molar-refractivity contribution < 1.29 is 19.0 Å². The summed E-state index contributed by atoms with van der Waals surface area (Å²) in [6.07, 6.45) is 4.51. The van der Waals surface area contributed by atoms with Gasteiger partial charge < -0.3 is 19.1 Å². The fourth-order valence-electron chi connectivity index (χ4n) is 4.56. The number of benzene rings is 3. The Hall–Kier alpha value is -3.47. The molecular formula is C26H27NO4. The highest BCUT2D eigenvalue weighted by Crippen LogP contribution is 2.43. The van der Waals surface area contributed by atoms with Crippen LogP contribution in [0.25, 0.3) is 21.5 Å². The van der Waals surface area contributed by atoms with E-state index in [4.69, 9.17) is 14.2 Å². The second-order valence-corrected chi connectivity index (χ2v) is 7.64. The molecule has 0 saturated carbocycles. The van der Waals surface area contributed by atoms with Gasteiger partial charge in [0.25, 0.3) is 0 Å². The fourth-order valence-corrected chi connectivity index (χ4v) is 4.56. The van der Waals surface area contributed by atoms with Crippen LogP contribution < -0.4 is 14.2 Å². The molecule has 0 fully saturated rings. The minimum Gasteiger partial charge on any atom is -0.497 e. The summed E-state index contributed by atoms with van der Waals surface area (Å²) in [6, 6.07) is 10.1. The zero-order valence-corrected chi connectivity index (χ0v) is 18.2. The van der Waals surface area contributed by atoms with Gasteiger partial charge in [-0.3, -0.25) is 4.79 Å². The first-order chi connectivity index (χ1) is 15.1. The van der Waals surface area contributed by atoms with Crippen molar-refractivity contribution in [2.75, 3.05) is 21.3 Å². The maximum atomic E-state index is 12.8. The highest BCUT2D eigenvalue weighted by Gasteiger charge is 2.30. The Morgan fingerprint density at radius 3 is 2.26 bits per heavy atom. The Balaban J connectivity index is 2.06. The topological polar surface area (TPSA) is 48.0 Å². The molecule has 0 unspecified atom stereocenters. The molecule has 5 nitrogen and oxygen atoms in total. The van der Waals surface area contributed by atoms with Crippen LogP contribution in [0.15, 0.2) is 55.6 Å². The van der Waals surface area contributed by atoms with E-state index < -0.39 is 0 Å². The lowest BCUT2D eigenvalue weighted by atomic mass is 9.84. The number of ether oxygens (including phenoxy) is 3. The molecule has 1 heterocycles. The Morgan fingerprint density at radius 1 is 0.968 bits per heavy atom. The lowest BCUT2D eigenvalue weighted by Crippen LogP contribution is -2.43. The third kappa shape index (κ3) is 3.40. The zero-order chi connectivity index (χ0) is 22.1. The van der Waals surface area contributed by atoms with Gasteiger partial charge in [-0.25, -0.2) is 0 Å². The van der Waals surface area contributed by atoms with Crippen molar-refractivity contribution in [1.82, 2.24) is 4.90 Å². The van der Waals surface area contributed by atoms with E-state index in [1.165, 1.54) is 5.56 Å². The first-order valence-corrected chi connectivity index (χ1v) is 10.3. The molecule has 1 amide bonds. The lowest BCUT2D eigenvalue weighted by molar-refractivity contribution is -0.132. The van der Waals surface area contributed by atoms with Crippen molar-refractivity contribution in [3.05, 3.63) is 66.8 Å². The average molecular weight is 418 g/mol. The molecule has 3 aromatic carbocycles. The van der Waals surface area contributed by atoms with E-state index >= 15 is 0 Å². The molecule has 160 valence electrons. The molecule has 0 bridgehead atoms. The molecule has 1 atom stereocenters. The number of amides is 1. The number of carbonyl (C=O) groups excluding carboxylic acids is 1. The summed E-state index contributed by atoms with van der Waals surface area (Å²) in [4.78, 5) is 14.7. The van der Waals surface area contributed by atoms with E-state index in [2.05, 4.69) is 19.2 Å². The first kappa shape index (κ1) is 20.8. The largest absolute Gasteiger partial charge is 0.497 e. The molecular weight excluding hydrogens is 390 g/mol. The van der Waals surface area contributed by atoms with Crippen molar-refractivity contribution in [3.63, 3.8) is 0 Å². The molecule has 3 aromatic rings. The number of hydrogen-bond donors (Lipinski definition) is 0. The number of nitrogens with zero attached hydrogens (tertiary/aromatic N) is 1. The van der Waals surface area contributed by atoms with Gasteiger partial charge in [0.1, 0.15) is 5.75 Å². The van der Waals surface area contributed by atoms with Gasteiger partial charge >= 0.3 is 0 Å². The molecule has 0 radical (unpaired) electrons. The number of rotatable bonds is 6. The van der Waals surface area contributed by atoms with Crippen molar-refractivity contribution in [2.45, 2.75) is 25.4 Å². The summed E-state index contributed by atoms with van der Waals surface area (Å²) in [5, 5.41) is 4.33. The number of methoxy groups -OCH3 is 3. The highest BCUT2D eigenvalue weighted by atomic mass is 16.5. The smallest absolute Gasteiger partial charge is 0.227 e. The predicted molar refractivity (Wildman–Crippen MR) is 124 cm³/mol. The number of fused-ring (bicyclic) bond motifs is 6. The molecule has 0 aromatic heterocycles. The van der Waals surface area contributed by atoms with Gasteiger partial charge in [-0.05, 0) is 63.4 Å². The van der Waals surface area contributed by atoms with Crippen LogP contribution in [-0.2, 0) is 17.8 Å². The van der Waals surface area contributed by atoms with Crippen LogP contribution in [0.5, 0.6) is 17.2 Å². The van der Waals surface area contributed by atoms with Crippen molar-refractivity contribution in [2.24, 2.45) is 0 Å². The SMILES string of the molecule is C=CCC(=O)N1Cc2c(c3cc(OC)c(OC)cc3c3cc(OC)ccc23)C[C@H]1C=C. The molecule has 0 spiro atoms. The van der Waals surface area contributed by atoms with Crippen molar-refractivity contribution in [3.8, 4) is 17.2 Å². The molecule has 1 aliphatic rings. The third-order valence-corrected chi connectivity index (χ3v) is 6.11. The molecule has 1 aliphatic heterocycles. The van der Waals surface area contributed by atoms with Gasteiger partial charge in [0.2, 0.25) is 5.91 Å². The molecule has 0 saturated heterocycles. The molecule has 31 heavy (non-hydrogen) atoms. The monoisotopic (exact) mass is 417 g/mol. The predicted octanol–water partition coefficient (Wildman–Crippen LogP) is 5.03.